The Morgan fingerprint density at radius 1 is 0.536 bits per heavy atom. The SMILES string of the molecule is CCC(C)C(NC(=O)C(CCCN=C(N)N)NC(=O)C(CCCN=C(N)N)NC(=O)C(CC(C)C)NC(=O)C(Cc1ccccc1)NC(=O)CNC(=O)CNC(=O)C(N)Cc1ccc(O)cc1)C(=O)NC(CCCN=C(N)N)C(=O)N1CCCC1C(=O)NC(CCCCN)C(N)=O. The molecule has 2 aromatic rings. The molecule has 0 aliphatic carbocycles. The number of nitrogens with two attached hydrogens (primary N) is 9. The number of aliphatic imine (C=N–C) groups is 3. The van der Waals surface area contributed by atoms with Gasteiger partial charge in [0.15, 0.2) is 17.9 Å². The number of unbranched alkanes of at least 4 members (excludes halogenated alkanes) is 1. The van der Waals surface area contributed by atoms with Gasteiger partial charge in [-0.05, 0) is 125 Å². The van der Waals surface area contributed by atoms with Crippen molar-refractivity contribution in [2.75, 3.05) is 45.8 Å². The monoisotopic (exact) mass is 1360 g/mol. The maximum Gasteiger partial charge on any atom is 0.245 e. The number of nitrogens with zero attached hydrogens (tertiary/aromatic N) is 4. The number of phenolic OH excluding ortho intramolecular Hbond substituents is 1. The van der Waals surface area contributed by atoms with Crippen LogP contribution in [0.2, 0.25) is 0 Å². The summed E-state index contributed by atoms with van der Waals surface area (Å²) in [6, 6.07) is 3.47. The molecular formula is C63H104N22O12. The Balaban J connectivity index is 1.92. The molecule has 1 aliphatic heterocycles. The Hall–Kier alpha value is -9.86. The molecule has 0 aromatic heterocycles. The molecule has 0 spiro atoms. The van der Waals surface area contributed by atoms with Crippen molar-refractivity contribution in [1.29, 1.82) is 0 Å². The molecule has 2 aromatic carbocycles. The van der Waals surface area contributed by atoms with E-state index in [4.69, 9.17) is 51.6 Å². The average Bonchev–Trinajstić information content (AvgIpc) is 1.71. The minimum Gasteiger partial charge on any atom is -0.508 e. The zero-order chi connectivity index (χ0) is 72.1. The number of guanidine groups is 3. The Bertz CT molecular complexity index is 3000. The molecule has 34 heteroatoms. The first-order valence-electron chi connectivity index (χ1n) is 32.7. The van der Waals surface area contributed by atoms with Crippen LogP contribution in [0.25, 0.3) is 0 Å². The van der Waals surface area contributed by atoms with Crippen LogP contribution in [-0.2, 0) is 65.6 Å². The topological polar surface area (TPSA) is 591 Å². The minimum absolute atomic E-state index is 0.00323. The van der Waals surface area contributed by atoms with Gasteiger partial charge in [0, 0.05) is 32.6 Å². The Kier molecular flexibility index (Phi) is 36.3. The van der Waals surface area contributed by atoms with E-state index < -0.39 is 138 Å². The van der Waals surface area contributed by atoms with Crippen LogP contribution in [0.3, 0.4) is 0 Å². The molecule has 1 heterocycles. The highest BCUT2D eigenvalue weighted by atomic mass is 16.3. The molecule has 0 radical (unpaired) electrons. The second-order valence-corrected chi connectivity index (χ2v) is 24.3. The summed E-state index contributed by atoms with van der Waals surface area (Å²) in [7, 11) is 0. The maximum atomic E-state index is 14.8. The van der Waals surface area contributed by atoms with E-state index in [1.54, 1.807) is 70.2 Å². The fourth-order valence-electron chi connectivity index (χ4n) is 10.4. The predicted molar refractivity (Wildman–Crippen MR) is 365 cm³/mol. The zero-order valence-electron chi connectivity index (χ0n) is 56.0. The van der Waals surface area contributed by atoms with Crippen LogP contribution in [0.1, 0.15) is 122 Å². The van der Waals surface area contributed by atoms with Crippen LogP contribution in [0, 0.1) is 11.8 Å². The summed E-state index contributed by atoms with van der Waals surface area (Å²) < 4.78 is 0. The number of carbonyl (C=O) groups is 11. The van der Waals surface area contributed by atoms with Gasteiger partial charge in [-0.15, -0.1) is 0 Å². The number of phenols is 1. The van der Waals surface area contributed by atoms with Gasteiger partial charge in [0.05, 0.1) is 19.1 Å². The maximum absolute atomic E-state index is 14.8. The van der Waals surface area contributed by atoms with Crippen LogP contribution < -0.4 is 99.5 Å². The number of hydrogen-bond donors (Lipinski definition) is 19. The summed E-state index contributed by atoms with van der Waals surface area (Å²) in [6.45, 7) is 6.46. The van der Waals surface area contributed by atoms with Gasteiger partial charge in [-0.25, -0.2) is 0 Å². The van der Waals surface area contributed by atoms with Crippen LogP contribution in [0.5, 0.6) is 5.75 Å². The highest BCUT2D eigenvalue weighted by Gasteiger charge is 2.41. The van der Waals surface area contributed by atoms with E-state index in [2.05, 4.69) is 62.8 Å². The van der Waals surface area contributed by atoms with E-state index in [0.717, 1.165) is 0 Å². The molecule has 538 valence electrons. The number of nitrogens with one attached hydrogen (secondary N) is 9. The van der Waals surface area contributed by atoms with E-state index in [-0.39, 0.29) is 126 Å². The highest BCUT2D eigenvalue weighted by molar-refractivity contribution is 5.99. The number of carbonyl (C=O) groups excluding carboxylic acids is 11. The number of benzene rings is 2. The molecule has 97 heavy (non-hydrogen) atoms. The molecule has 11 amide bonds. The molecule has 1 saturated heterocycles. The van der Waals surface area contributed by atoms with E-state index in [1.165, 1.54) is 17.0 Å². The van der Waals surface area contributed by atoms with Crippen molar-refractivity contribution in [3.8, 4) is 5.75 Å². The fourth-order valence-corrected chi connectivity index (χ4v) is 10.4. The second kappa shape index (κ2) is 43.3. The highest BCUT2D eigenvalue weighted by Crippen LogP contribution is 2.22. The lowest BCUT2D eigenvalue weighted by Crippen LogP contribution is -2.61. The van der Waals surface area contributed by atoms with Gasteiger partial charge in [-0.2, -0.15) is 0 Å². The summed E-state index contributed by atoms with van der Waals surface area (Å²) in [5.74, 6) is -9.84. The summed E-state index contributed by atoms with van der Waals surface area (Å²) in [5.41, 5.74) is 52.2. The van der Waals surface area contributed by atoms with Crippen molar-refractivity contribution in [1.82, 2.24) is 52.8 Å². The number of likely N-dealkylation sites (tertiary alicyclic amines) is 1. The van der Waals surface area contributed by atoms with E-state index in [0.29, 0.717) is 43.4 Å². The van der Waals surface area contributed by atoms with E-state index >= 15 is 0 Å². The molecule has 3 rings (SSSR count). The summed E-state index contributed by atoms with van der Waals surface area (Å²) in [5, 5.41) is 33.4. The van der Waals surface area contributed by atoms with Crippen molar-refractivity contribution >= 4 is 82.9 Å². The molecule has 1 fully saturated rings. The molecule has 0 bridgehead atoms. The normalized spacial score (nSPS) is 15.3. The third-order valence-corrected chi connectivity index (χ3v) is 15.8. The van der Waals surface area contributed by atoms with Gasteiger partial charge in [-0.1, -0.05) is 76.6 Å². The van der Waals surface area contributed by atoms with Gasteiger partial charge in [0.1, 0.15) is 54.1 Å². The smallest absolute Gasteiger partial charge is 0.245 e. The number of amides is 11. The summed E-state index contributed by atoms with van der Waals surface area (Å²) in [6.07, 6.45) is 2.52. The first kappa shape index (κ1) is 81.4. The third kappa shape index (κ3) is 31.1. The van der Waals surface area contributed by atoms with Gasteiger partial charge in [-0.3, -0.25) is 67.7 Å². The average molecular weight is 1360 g/mol. The quantitative estimate of drug-likeness (QED) is 0.0168. The minimum atomic E-state index is -1.43. The predicted octanol–water partition coefficient (Wildman–Crippen LogP) is -5.01. The number of hydrogen-bond acceptors (Lipinski definition) is 17. The lowest BCUT2D eigenvalue weighted by Gasteiger charge is -2.32. The van der Waals surface area contributed by atoms with Crippen LogP contribution in [0.4, 0.5) is 0 Å². The van der Waals surface area contributed by atoms with Gasteiger partial charge in [0.2, 0.25) is 65.0 Å². The standard InChI is InChI=1S/C63H104N22O12/c1-5-37(4)51(59(96)82-45(20-13-29-75-63(71)72)60(97)85-30-14-21-48(85)58(95)79-42(52(66)89)17-9-10-26-64)84-55(92)44(19-12-28-74-62(69)70)80-54(91)43(18-11-27-73-61(67)68)81-56(93)46(31-36(2)3)83-57(94)47(33-38-15-7-6-8-16-38)78-50(88)35-76-49(87)34-77-53(90)41(65)32-39-22-24-40(86)25-23-39/h6-8,15-16,22-25,36-37,41-48,51,86H,5,9-14,17-21,26-35,64-65H2,1-4H3,(H2,66,89)(H,76,87)(H,77,90)(H,78,88)(H,79,95)(H,80,91)(H,81,93)(H,82,96)(H,83,94)(H,84,92)(H4,67,68,73)(H4,69,70,74)(H4,71,72,75). The largest absolute Gasteiger partial charge is 0.508 e. The molecule has 0 saturated carbocycles. The van der Waals surface area contributed by atoms with Gasteiger partial charge < -0.3 is 109 Å². The van der Waals surface area contributed by atoms with Crippen LogP contribution in [-0.4, -0.2) is 193 Å². The van der Waals surface area contributed by atoms with Crippen molar-refractivity contribution < 1.29 is 57.8 Å². The zero-order valence-corrected chi connectivity index (χ0v) is 56.0. The van der Waals surface area contributed by atoms with Gasteiger partial charge in [0.25, 0.3) is 0 Å². The summed E-state index contributed by atoms with van der Waals surface area (Å²) in [4.78, 5) is 166. The van der Waals surface area contributed by atoms with Crippen LogP contribution >= 0.6 is 0 Å². The number of primary amides is 1. The van der Waals surface area contributed by atoms with Crippen molar-refractivity contribution in [2.45, 2.75) is 178 Å². The lowest BCUT2D eigenvalue weighted by molar-refractivity contribution is -0.142. The van der Waals surface area contributed by atoms with Crippen molar-refractivity contribution in [3.05, 3.63) is 65.7 Å². The Morgan fingerprint density at radius 2 is 1.03 bits per heavy atom. The van der Waals surface area contributed by atoms with E-state index in [1.807, 2.05) is 0 Å². The van der Waals surface area contributed by atoms with E-state index in [9.17, 15) is 57.8 Å². The molecular weight excluding hydrogens is 1260 g/mol. The molecule has 28 N–H and O–H groups in total. The van der Waals surface area contributed by atoms with Crippen LogP contribution in [0.15, 0.2) is 69.6 Å². The number of rotatable bonds is 44. The third-order valence-electron chi connectivity index (χ3n) is 15.8. The van der Waals surface area contributed by atoms with Crippen molar-refractivity contribution in [2.24, 2.45) is 78.4 Å². The molecule has 10 unspecified atom stereocenters. The Labute approximate surface area is 565 Å². The first-order chi connectivity index (χ1) is 46.0. The molecule has 34 nitrogen and oxygen atoms in total. The second-order valence-electron chi connectivity index (χ2n) is 24.3. The number of aromatic hydroxyl groups is 1. The molecule has 1 aliphatic rings. The fraction of sp³-hybridized carbons (Fsp3) is 0.587. The lowest BCUT2D eigenvalue weighted by atomic mass is 9.96. The molecule has 10 atom stereocenters. The summed E-state index contributed by atoms with van der Waals surface area (Å²) >= 11 is 0. The van der Waals surface area contributed by atoms with Gasteiger partial charge >= 0.3 is 0 Å². The van der Waals surface area contributed by atoms with Crippen molar-refractivity contribution in [3.63, 3.8) is 0 Å². The first-order valence-corrected chi connectivity index (χ1v) is 32.7. The Morgan fingerprint density at radius 3 is 1.57 bits per heavy atom.